The third-order valence-electron chi connectivity index (χ3n) is 4.34. The van der Waals surface area contributed by atoms with Crippen LogP contribution in [0, 0.1) is 16.7 Å². The van der Waals surface area contributed by atoms with E-state index in [1.807, 2.05) is 0 Å². The molecule has 0 spiro atoms. The Morgan fingerprint density at radius 2 is 1.89 bits per heavy atom. The van der Waals surface area contributed by atoms with E-state index in [1.165, 1.54) is 12.8 Å². The van der Waals surface area contributed by atoms with Gasteiger partial charge in [-0.05, 0) is 37.0 Å². The van der Waals surface area contributed by atoms with Crippen molar-refractivity contribution in [2.75, 3.05) is 12.4 Å². The Balaban J connectivity index is 2.58. The van der Waals surface area contributed by atoms with Gasteiger partial charge >= 0.3 is 0 Å². The molecule has 0 aromatic heterocycles. The topological polar surface area (TPSA) is 29.1 Å². The van der Waals surface area contributed by atoms with Crippen LogP contribution in [0.1, 0.15) is 66.2 Å². The van der Waals surface area contributed by atoms with Gasteiger partial charge in [0.25, 0.3) is 0 Å². The van der Waals surface area contributed by atoms with Crippen LogP contribution in [0.2, 0.25) is 0 Å². The first-order valence-electron chi connectivity index (χ1n) is 7.66. The van der Waals surface area contributed by atoms with E-state index >= 15 is 0 Å². The molecule has 1 rings (SSSR count). The summed E-state index contributed by atoms with van der Waals surface area (Å²) < 4.78 is 0. The predicted octanol–water partition coefficient (Wildman–Crippen LogP) is 4.36. The Hall–Kier alpha value is -0.240. The molecule has 1 aliphatic carbocycles. The second-order valence-corrected chi connectivity index (χ2v) is 7.75. The van der Waals surface area contributed by atoms with Crippen LogP contribution in [0.4, 0.5) is 0 Å². The zero-order valence-electron chi connectivity index (χ0n) is 13.0. The molecule has 0 heterocycles. The molecular formula is C16H30ClNO. The van der Waals surface area contributed by atoms with E-state index < -0.39 is 0 Å². The highest BCUT2D eigenvalue weighted by Gasteiger charge is 2.41. The lowest BCUT2D eigenvalue weighted by molar-refractivity contribution is -0.132. The molecule has 1 aliphatic rings. The summed E-state index contributed by atoms with van der Waals surface area (Å²) in [4.78, 5) is 12.6. The van der Waals surface area contributed by atoms with Crippen LogP contribution in [0.3, 0.4) is 0 Å². The van der Waals surface area contributed by atoms with Crippen molar-refractivity contribution >= 4 is 17.5 Å². The lowest BCUT2D eigenvalue weighted by Gasteiger charge is -2.32. The van der Waals surface area contributed by atoms with Crippen LogP contribution < -0.4 is 5.32 Å². The Morgan fingerprint density at radius 3 is 2.37 bits per heavy atom. The fourth-order valence-electron chi connectivity index (χ4n) is 3.21. The number of nitrogens with one attached hydrogen (secondary N) is 1. The van der Waals surface area contributed by atoms with Gasteiger partial charge < -0.3 is 5.32 Å². The van der Waals surface area contributed by atoms with E-state index in [9.17, 15) is 4.79 Å². The van der Waals surface area contributed by atoms with Crippen molar-refractivity contribution < 1.29 is 4.79 Å². The number of halogens is 1. The van der Waals surface area contributed by atoms with E-state index in [0.29, 0.717) is 11.8 Å². The molecule has 1 fully saturated rings. The largest absolute Gasteiger partial charge is 0.355 e. The minimum absolute atomic E-state index is 0.0921. The summed E-state index contributed by atoms with van der Waals surface area (Å²) >= 11 is 5.81. The average molecular weight is 288 g/mol. The molecule has 1 saturated carbocycles. The molecule has 0 aliphatic heterocycles. The molecule has 0 radical (unpaired) electrons. The normalized spacial score (nSPS) is 18.8. The van der Waals surface area contributed by atoms with Crippen molar-refractivity contribution in [1.29, 1.82) is 0 Å². The van der Waals surface area contributed by atoms with Crippen LogP contribution in [0.15, 0.2) is 0 Å². The van der Waals surface area contributed by atoms with Gasteiger partial charge in [0.15, 0.2) is 0 Å². The van der Waals surface area contributed by atoms with Crippen molar-refractivity contribution in [3.63, 3.8) is 0 Å². The number of carbonyl (C=O) groups excluding carboxylic acids is 1. The lowest BCUT2D eigenvalue weighted by Crippen LogP contribution is -2.43. The SMILES string of the molecule is CC(C)CC1(C(=O)NCC(C)(C)CCCl)CCCC1. The molecule has 0 atom stereocenters. The van der Waals surface area contributed by atoms with Crippen molar-refractivity contribution in [2.24, 2.45) is 16.7 Å². The number of alkyl halides is 1. The fraction of sp³-hybridized carbons (Fsp3) is 0.938. The Kier molecular flexibility index (Phi) is 6.16. The molecule has 19 heavy (non-hydrogen) atoms. The zero-order valence-corrected chi connectivity index (χ0v) is 13.8. The third kappa shape index (κ3) is 4.98. The van der Waals surface area contributed by atoms with Crippen LogP contribution >= 0.6 is 11.6 Å². The summed E-state index contributed by atoms with van der Waals surface area (Å²) in [6.45, 7) is 9.49. The quantitative estimate of drug-likeness (QED) is 0.693. The number of hydrogen-bond donors (Lipinski definition) is 1. The maximum absolute atomic E-state index is 12.6. The van der Waals surface area contributed by atoms with Gasteiger partial charge in [-0.1, -0.05) is 40.5 Å². The molecule has 0 saturated heterocycles. The maximum atomic E-state index is 12.6. The van der Waals surface area contributed by atoms with E-state index in [2.05, 4.69) is 33.0 Å². The summed E-state index contributed by atoms with van der Waals surface area (Å²) in [5, 5.41) is 3.20. The maximum Gasteiger partial charge on any atom is 0.226 e. The molecular weight excluding hydrogens is 258 g/mol. The smallest absolute Gasteiger partial charge is 0.226 e. The van der Waals surface area contributed by atoms with Gasteiger partial charge in [0.05, 0.1) is 0 Å². The predicted molar refractivity (Wildman–Crippen MR) is 82.5 cm³/mol. The van der Waals surface area contributed by atoms with E-state index in [4.69, 9.17) is 11.6 Å². The van der Waals surface area contributed by atoms with Crippen molar-refractivity contribution in [3.05, 3.63) is 0 Å². The summed E-state index contributed by atoms with van der Waals surface area (Å²) in [6, 6.07) is 0. The van der Waals surface area contributed by atoms with E-state index in [1.54, 1.807) is 0 Å². The van der Waals surface area contributed by atoms with E-state index in [0.717, 1.165) is 32.2 Å². The summed E-state index contributed by atoms with van der Waals surface area (Å²) in [5.41, 5.74) is 0.000244. The Bertz CT molecular complexity index is 293. The van der Waals surface area contributed by atoms with Crippen LogP contribution in [-0.4, -0.2) is 18.3 Å². The first kappa shape index (κ1) is 16.8. The number of rotatable bonds is 7. The van der Waals surface area contributed by atoms with Crippen LogP contribution in [-0.2, 0) is 4.79 Å². The second-order valence-electron chi connectivity index (χ2n) is 7.37. The fourth-order valence-corrected chi connectivity index (χ4v) is 3.72. The highest BCUT2D eigenvalue weighted by atomic mass is 35.5. The minimum atomic E-state index is -0.0921. The molecule has 0 aromatic rings. The molecule has 1 N–H and O–H groups in total. The lowest BCUT2D eigenvalue weighted by atomic mass is 9.77. The van der Waals surface area contributed by atoms with Gasteiger partial charge in [-0.15, -0.1) is 11.6 Å². The van der Waals surface area contributed by atoms with Crippen LogP contribution in [0.5, 0.6) is 0 Å². The van der Waals surface area contributed by atoms with Crippen LogP contribution in [0.25, 0.3) is 0 Å². The number of hydrogen-bond acceptors (Lipinski definition) is 1. The first-order chi connectivity index (χ1) is 8.81. The molecule has 2 nitrogen and oxygen atoms in total. The molecule has 0 aromatic carbocycles. The van der Waals surface area contributed by atoms with Gasteiger partial charge in [-0.3, -0.25) is 4.79 Å². The summed E-state index contributed by atoms with van der Waals surface area (Å²) in [7, 11) is 0. The second kappa shape index (κ2) is 6.97. The Morgan fingerprint density at radius 1 is 1.32 bits per heavy atom. The van der Waals surface area contributed by atoms with Gasteiger partial charge in [0, 0.05) is 17.8 Å². The first-order valence-corrected chi connectivity index (χ1v) is 8.19. The molecule has 1 amide bonds. The van der Waals surface area contributed by atoms with E-state index in [-0.39, 0.29) is 16.7 Å². The number of amides is 1. The van der Waals surface area contributed by atoms with Gasteiger partial charge in [-0.25, -0.2) is 0 Å². The Labute approximate surface area is 123 Å². The molecule has 0 unspecified atom stereocenters. The van der Waals surface area contributed by atoms with Crippen molar-refractivity contribution in [2.45, 2.75) is 66.2 Å². The minimum Gasteiger partial charge on any atom is -0.355 e. The number of carbonyl (C=O) groups is 1. The highest BCUT2D eigenvalue weighted by Crippen LogP contribution is 2.43. The standard InChI is InChI=1S/C16H30ClNO/c1-13(2)11-16(7-5-6-8-16)14(19)18-12-15(3,4)9-10-17/h13H,5-12H2,1-4H3,(H,18,19). The van der Waals surface area contributed by atoms with Gasteiger partial charge in [-0.2, -0.15) is 0 Å². The van der Waals surface area contributed by atoms with Crippen molar-refractivity contribution in [3.8, 4) is 0 Å². The molecule has 0 bridgehead atoms. The third-order valence-corrected chi connectivity index (χ3v) is 4.53. The molecule has 112 valence electrons. The summed E-state index contributed by atoms with van der Waals surface area (Å²) in [5.74, 6) is 1.51. The monoisotopic (exact) mass is 287 g/mol. The highest BCUT2D eigenvalue weighted by molar-refractivity contribution is 6.17. The molecule has 3 heteroatoms. The van der Waals surface area contributed by atoms with Crippen molar-refractivity contribution in [1.82, 2.24) is 5.32 Å². The zero-order chi connectivity index (χ0) is 14.5. The average Bonchev–Trinajstić information content (AvgIpc) is 2.74. The van der Waals surface area contributed by atoms with Gasteiger partial charge in [0.1, 0.15) is 0 Å². The summed E-state index contributed by atoms with van der Waals surface area (Å²) in [6.07, 6.45) is 6.48. The van der Waals surface area contributed by atoms with Gasteiger partial charge in [0.2, 0.25) is 5.91 Å².